The molecule has 0 bridgehead atoms. The Morgan fingerprint density at radius 2 is 2.28 bits per heavy atom. The molecule has 1 aliphatic heterocycles. The van der Waals surface area contributed by atoms with Crippen LogP contribution in [0, 0.1) is 6.92 Å². The summed E-state index contributed by atoms with van der Waals surface area (Å²) >= 11 is 0. The minimum absolute atomic E-state index is 0.222. The molecule has 2 atom stereocenters. The van der Waals surface area contributed by atoms with Gasteiger partial charge in [-0.15, -0.1) is 0 Å². The molecule has 1 heterocycles. The van der Waals surface area contributed by atoms with E-state index in [9.17, 15) is 4.79 Å². The fourth-order valence-corrected chi connectivity index (χ4v) is 2.68. The molecule has 18 heavy (non-hydrogen) atoms. The number of piperidine rings is 1. The Kier molecular flexibility index (Phi) is 4.02. The summed E-state index contributed by atoms with van der Waals surface area (Å²) in [7, 11) is 0. The maximum Gasteiger partial charge on any atom is 0.227 e. The zero-order valence-corrected chi connectivity index (χ0v) is 11.2. The van der Waals surface area contributed by atoms with Crippen molar-refractivity contribution in [2.75, 3.05) is 6.54 Å². The van der Waals surface area contributed by atoms with Gasteiger partial charge in [0.15, 0.2) is 0 Å². The van der Waals surface area contributed by atoms with Crippen molar-refractivity contribution in [1.82, 2.24) is 4.90 Å². The first-order valence-corrected chi connectivity index (χ1v) is 6.67. The summed E-state index contributed by atoms with van der Waals surface area (Å²) in [4.78, 5) is 14.3. The van der Waals surface area contributed by atoms with Crippen molar-refractivity contribution in [3.63, 3.8) is 0 Å². The van der Waals surface area contributed by atoms with Crippen LogP contribution in [-0.4, -0.2) is 29.4 Å². The van der Waals surface area contributed by atoms with E-state index in [1.54, 1.807) is 0 Å². The number of rotatable bonds is 2. The van der Waals surface area contributed by atoms with Gasteiger partial charge in [0.05, 0.1) is 6.42 Å². The Morgan fingerprint density at radius 1 is 1.50 bits per heavy atom. The summed E-state index contributed by atoms with van der Waals surface area (Å²) in [5.74, 6) is 0.222. The van der Waals surface area contributed by atoms with Crippen LogP contribution in [-0.2, 0) is 11.2 Å². The highest BCUT2D eigenvalue weighted by Gasteiger charge is 2.26. The lowest BCUT2D eigenvalue weighted by Gasteiger charge is -2.36. The number of carbonyl (C=O) groups excluding carboxylic acids is 1. The number of hydrogen-bond donors (Lipinski definition) is 1. The highest BCUT2D eigenvalue weighted by Crippen LogP contribution is 2.17. The molecule has 0 saturated carbocycles. The largest absolute Gasteiger partial charge is 0.340 e. The van der Waals surface area contributed by atoms with E-state index in [1.165, 1.54) is 5.56 Å². The molecule has 1 aromatic rings. The average molecular weight is 246 g/mol. The smallest absolute Gasteiger partial charge is 0.227 e. The van der Waals surface area contributed by atoms with E-state index in [2.05, 4.69) is 26.0 Å². The summed E-state index contributed by atoms with van der Waals surface area (Å²) in [5, 5.41) is 0. The number of benzene rings is 1. The van der Waals surface area contributed by atoms with Gasteiger partial charge in [-0.3, -0.25) is 4.79 Å². The zero-order chi connectivity index (χ0) is 13.1. The van der Waals surface area contributed by atoms with Gasteiger partial charge in [-0.2, -0.15) is 0 Å². The maximum absolute atomic E-state index is 12.3. The molecule has 1 amide bonds. The summed E-state index contributed by atoms with van der Waals surface area (Å²) in [6, 6.07) is 8.68. The summed E-state index contributed by atoms with van der Waals surface area (Å²) < 4.78 is 0. The number of aryl methyl sites for hydroxylation is 1. The fraction of sp³-hybridized carbons (Fsp3) is 0.533. The van der Waals surface area contributed by atoms with E-state index in [-0.39, 0.29) is 18.0 Å². The van der Waals surface area contributed by atoms with Crippen LogP contribution in [0.2, 0.25) is 0 Å². The van der Waals surface area contributed by atoms with Gasteiger partial charge in [-0.1, -0.05) is 29.8 Å². The van der Waals surface area contributed by atoms with E-state index < -0.39 is 0 Å². The summed E-state index contributed by atoms with van der Waals surface area (Å²) in [5.41, 5.74) is 8.22. The third-order valence-electron chi connectivity index (χ3n) is 3.67. The van der Waals surface area contributed by atoms with Gasteiger partial charge in [-0.05, 0) is 32.3 Å². The van der Waals surface area contributed by atoms with Gasteiger partial charge >= 0.3 is 0 Å². The molecule has 0 aliphatic carbocycles. The molecular weight excluding hydrogens is 224 g/mol. The van der Waals surface area contributed by atoms with Gasteiger partial charge in [0.1, 0.15) is 0 Å². The number of nitrogens with zero attached hydrogens (tertiary/aromatic N) is 1. The molecule has 2 rings (SSSR count). The van der Waals surface area contributed by atoms with Gasteiger partial charge in [-0.25, -0.2) is 0 Å². The molecule has 1 saturated heterocycles. The van der Waals surface area contributed by atoms with Crippen LogP contribution < -0.4 is 5.73 Å². The molecule has 3 nitrogen and oxygen atoms in total. The first-order valence-electron chi connectivity index (χ1n) is 6.67. The van der Waals surface area contributed by atoms with E-state index in [1.807, 2.05) is 17.0 Å². The molecule has 2 N–H and O–H groups in total. The number of nitrogens with two attached hydrogens (primary N) is 1. The van der Waals surface area contributed by atoms with Gasteiger partial charge in [0.2, 0.25) is 5.91 Å². The molecule has 0 unspecified atom stereocenters. The third-order valence-corrected chi connectivity index (χ3v) is 3.67. The Balaban J connectivity index is 1.99. The zero-order valence-electron chi connectivity index (χ0n) is 11.2. The van der Waals surface area contributed by atoms with E-state index in [0.29, 0.717) is 6.42 Å². The Hall–Kier alpha value is -1.35. The first kappa shape index (κ1) is 13.1. The van der Waals surface area contributed by atoms with Crippen LogP contribution in [0.1, 0.15) is 30.9 Å². The molecule has 1 aliphatic rings. The van der Waals surface area contributed by atoms with Crippen LogP contribution in [0.5, 0.6) is 0 Å². The van der Waals surface area contributed by atoms with Gasteiger partial charge < -0.3 is 10.6 Å². The van der Waals surface area contributed by atoms with Gasteiger partial charge in [0, 0.05) is 18.6 Å². The maximum atomic E-state index is 12.3. The molecule has 0 aromatic heterocycles. The number of likely N-dealkylation sites (tertiary alicyclic amines) is 1. The van der Waals surface area contributed by atoms with E-state index in [4.69, 9.17) is 5.73 Å². The lowest BCUT2D eigenvalue weighted by Crippen LogP contribution is -2.48. The molecule has 3 heteroatoms. The molecule has 1 aromatic carbocycles. The van der Waals surface area contributed by atoms with Crippen molar-refractivity contribution in [3.05, 3.63) is 35.4 Å². The van der Waals surface area contributed by atoms with Crippen molar-refractivity contribution >= 4 is 5.91 Å². The standard InChI is InChI=1S/C15H22N2O/c1-11-4-3-5-13(8-11)10-15(18)17-7-6-14(16)9-12(17)2/h3-5,8,12,14H,6-7,9-10,16H2,1-2H3/t12-,14-/m0/s1. The molecular formula is C15H22N2O. The SMILES string of the molecule is Cc1cccc(CC(=O)N2CC[C@H](N)C[C@@H]2C)c1. The normalized spacial score (nSPS) is 24.1. The van der Waals surface area contributed by atoms with E-state index >= 15 is 0 Å². The van der Waals surface area contributed by atoms with Crippen LogP contribution in [0.4, 0.5) is 0 Å². The molecule has 0 radical (unpaired) electrons. The highest BCUT2D eigenvalue weighted by molar-refractivity contribution is 5.79. The minimum atomic E-state index is 0.222. The van der Waals surface area contributed by atoms with Crippen molar-refractivity contribution in [2.45, 2.75) is 45.2 Å². The number of amides is 1. The Morgan fingerprint density at radius 3 is 2.94 bits per heavy atom. The summed E-state index contributed by atoms with van der Waals surface area (Å²) in [6.45, 7) is 4.94. The predicted molar refractivity (Wildman–Crippen MR) is 73.3 cm³/mol. The van der Waals surface area contributed by atoms with Crippen molar-refractivity contribution < 1.29 is 4.79 Å². The van der Waals surface area contributed by atoms with Crippen LogP contribution in [0.15, 0.2) is 24.3 Å². The Bertz CT molecular complexity index is 430. The van der Waals surface area contributed by atoms with Crippen molar-refractivity contribution in [2.24, 2.45) is 5.73 Å². The second kappa shape index (κ2) is 5.53. The average Bonchev–Trinajstić information content (AvgIpc) is 2.28. The third kappa shape index (κ3) is 3.10. The van der Waals surface area contributed by atoms with E-state index in [0.717, 1.165) is 24.9 Å². The lowest BCUT2D eigenvalue weighted by atomic mass is 9.98. The monoisotopic (exact) mass is 246 g/mol. The molecule has 98 valence electrons. The van der Waals surface area contributed by atoms with Crippen LogP contribution in [0.25, 0.3) is 0 Å². The topological polar surface area (TPSA) is 46.3 Å². The molecule has 0 spiro atoms. The lowest BCUT2D eigenvalue weighted by molar-refractivity contribution is -0.133. The fourth-order valence-electron chi connectivity index (χ4n) is 2.68. The van der Waals surface area contributed by atoms with Crippen molar-refractivity contribution in [3.8, 4) is 0 Å². The Labute approximate surface area is 109 Å². The van der Waals surface area contributed by atoms with Crippen LogP contribution in [0.3, 0.4) is 0 Å². The highest BCUT2D eigenvalue weighted by atomic mass is 16.2. The first-order chi connectivity index (χ1) is 8.56. The second-order valence-corrected chi connectivity index (χ2v) is 5.39. The number of hydrogen-bond acceptors (Lipinski definition) is 2. The van der Waals surface area contributed by atoms with Crippen molar-refractivity contribution in [1.29, 1.82) is 0 Å². The summed E-state index contributed by atoms with van der Waals surface area (Å²) in [6.07, 6.45) is 2.34. The minimum Gasteiger partial charge on any atom is -0.340 e. The quantitative estimate of drug-likeness (QED) is 0.866. The van der Waals surface area contributed by atoms with Gasteiger partial charge in [0.25, 0.3) is 0 Å². The molecule has 1 fully saturated rings. The second-order valence-electron chi connectivity index (χ2n) is 5.39. The predicted octanol–water partition coefficient (Wildman–Crippen LogP) is 1.88. The number of carbonyl (C=O) groups is 1. The van der Waals surface area contributed by atoms with Crippen LogP contribution >= 0.6 is 0 Å².